The fraction of sp³-hybridized carbons (Fsp3) is 0.314. The van der Waals surface area contributed by atoms with E-state index in [-0.39, 0.29) is 12.5 Å². The lowest BCUT2D eigenvalue weighted by atomic mass is 9.99. The summed E-state index contributed by atoms with van der Waals surface area (Å²) in [6.07, 6.45) is 2.45. The Morgan fingerprint density at radius 1 is 0.886 bits per heavy atom. The number of fused-ring (bicyclic) bond motifs is 3. The summed E-state index contributed by atoms with van der Waals surface area (Å²) < 4.78 is 28.4. The quantitative estimate of drug-likeness (QED) is 0.302. The molecule has 1 aliphatic heterocycles. The van der Waals surface area contributed by atoms with Crippen molar-refractivity contribution in [2.24, 2.45) is 0 Å². The second kappa shape index (κ2) is 15.2. The van der Waals surface area contributed by atoms with E-state index >= 15 is 0 Å². The van der Waals surface area contributed by atoms with Crippen LogP contribution in [0.5, 0.6) is 23.0 Å². The van der Waals surface area contributed by atoms with Gasteiger partial charge in [-0.2, -0.15) is 0 Å². The van der Waals surface area contributed by atoms with Crippen molar-refractivity contribution in [3.63, 3.8) is 0 Å². The van der Waals surface area contributed by atoms with E-state index in [0.29, 0.717) is 49.1 Å². The molecule has 0 radical (unpaired) electrons. The molecule has 0 saturated heterocycles. The molecule has 9 heteroatoms. The van der Waals surface area contributed by atoms with Crippen LogP contribution in [0.4, 0.5) is 0 Å². The first-order valence-corrected chi connectivity index (χ1v) is 14.7. The third-order valence-electron chi connectivity index (χ3n) is 7.44. The minimum absolute atomic E-state index is 0.191. The highest BCUT2D eigenvalue weighted by molar-refractivity contribution is 5.94. The van der Waals surface area contributed by atoms with Crippen molar-refractivity contribution in [1.29, 1.82) is 0 Å². The Balaban J connectivity index is 1.33. The van der Waals surface area contributed by atoms with Crippen molar-refractivity contribution in [1.82, 2.24) is 15.2 Å². The molecular formula is C35H39N3O6. The second-order valence-corrected chi connectivity index (χ2v) is 10.5. The SMILES string of the molecule is COc1cc(CNC(=O)c2ccc3c(c2)Cc2cccc(c2)CN(Cc2ccccn2)CCOCCO3)cc(OC)c1OC. The van der Waals surface area contributed by atoms with Gasteiger partial charge in [0.15, 0.2) is 11.5 Å². The van der Waals surface area contributed by atoms with E-state index in [2.05, 4.69) is 39.5 Å². The number of aromatic nitrogens is 1. The first kappa shape index (κ1) is 30.8. The van der Waals surface area contributed by atoms with Crippen LogP contribution in [0, 0.1) is 0 Å². The standard InChI is InChI=1S/C35H39N3O6/c1-40-32-19-27(20-33(41-2)34(32)42-3)22-37-35(39)28-10-11-31-29(21-28)18-25-7-6-8-26(17-25)23-38(13-14-43-15-16-44-31)24-30-9-4-5-12-36-30/h4-12,17,19-21H,13-16,18,22-24H2,1-3H3,(H,37,39). The van der Waals surface area contributed by atoms with Crippen molar-refractivity contribution in [3.8, 4) is 23.0 Å². The van der Waals surface area contributed by atoms with Crippen LogP contribution in [-0.2, 0) is 30.8 Å². The second-order valence-electron chi connectivity index (χ2n) is 10.5. The van der Waals surface area contributed by atoms with Crippen LogP contribution in [-0.4, -0.2) is 63.5 Å². The maximum Gasteiger partial charge on any atom is 0.251 e. The first-order chi connectivity index (χ1) is 21.6. The van der Waals surface area contributed by atoms with Gasteiger partial charge in [0.1, 0.15) is 12.4 Å². The van der Waals surface area contributed by atoms with Gasteiger partial charge in [0.2, 0.25) is 5.75 Å². The molecule has 2 bridgehead atoms. The van der Waals surface area contributed by atoms with Gasteiger partial charge >= 0.3 is 0 Å². The number of carbonyl (C=O) groups is 1. The molecule has 230 valence electrons. The van der Waals surface area contributed by atoms with E-state index in [9.17, 15) is 4.79 Å². The van der Waals surface area contributed by atoms with Crippen LogP contribution < -0.4 is 24.3 Å². The summed E-state index contributed by atoms with van der Waals surface area (Å²) in [4.78, 5) is 20.1. The number of ether oxygens (including phenoxy) is 5. The molecule has 1 amide bonds. The molecule has 0 unspecified atom stereocenters. The van der Waals surface area contributed by atoms with Crippen LogP contribution in [0.15, 0.2) is 79.0 Å². The van der Waals surface area contributed by atoms with Gasteiger partial charge in [0.05, 0.1) is 40.2 Å². The predicted molar refractivity (Wildman–Crippen MR) is 168 cm³/mol. The highest BCUT2D eigenvalue weighted by Crippen LogP contribution is 2.38. The molecule has 0 saturated carbocycles. The normalized spacial score (nSPS) is 14.0. The molecule has 2 heterocycles. The topological polar surface area (TPSA) is 91.4 Å². The van der Waals surface area contributed by atoms with Crippen molar-refractivity contribution >= 4 is 5.91 Å². The number of nitrogens with one attached hydrogen (secondary N) is 1. The lowest BCUT2D eigenvalue weighted by Crippen LogP contribution is -2.28. The number of carbonyl (C=O) groups excluding carboxylic acids is 1. The van der Waals surface area contributed by atoms with Crippen LogP contribution in [0.2, 0.25) is 0 Å². The van der Waals surface area contributed by atoms with Gasteiger partial charge in [0, 0.05) is 44.4 Å². The van der Waals surface area contributed by atoms with E-state index in [1.807, 2.05) is 48.7 Å². The van der Waals surface area contributed by atoms with Gasteiger partial charge in [-0.1, -0.05) is 30.3 Å². The number of hydrogen-bond acceptors (Lipinski definition) is 8. The first-order valence-electron chi connectivity index (χ1n) is 14.7. The van der Waals surface area contributed by atoms with Crippen molar-refractivity contribution in [2.45, 2.75) is 26.1 Å². The van der Waals surface area contributed by atoms with Crippen LogP contribution in [0.3, 0.4) is 0 Å². The van der Waals surface area contributed by atoms with Crippen LogP contribution >= 0.6 is 0 Å². The molecule has 0 spiro atoms. The van der Waals surface area contributed by atoms with E-state index in [4.69, 9.17) is 23.7 Å². The lowest BCUT2D eigenvalue weighted by molar-refractivity contribution is 0.0754. The molecule has 0 atom stereocenters. The molecule has 44 heavy (non-hydrogen) atoms. The van der Waals surface area contributed by atoms with Crippen molar-refractivity contribution in [2.75, 3.05) is 47.7 Å². The average molecular weight is 598 g/mol. The van der Waals surface area contributed by atoms with Crippen molar-refractivity contribution in [3.05, 3.63) is 113 Å². The van der Waals surface area contributed by atoms with E-state index in [0.717, 1.165) is 47.8 Å². The van der Waals surface area contributed by atoms with Gasteiger partial charge in [-0.25, -0.2) is 0 Å². The number of methoxy groups -OCH3 is 3. The molecular weight excluding hydrogens is 558 g/mol. The lowest BCUT2D eigenvalue weighted by Gasteiger charge is -2.23. The zero-order chi connectivity index (χ0) is 30.7. The maximum absolute atomic E-state index is 13.3. The summed E-state index contributed by atoms with van der Waals surface area (Å²) in [5.41, 5.74) is 5.69. The van der Waals surface area contributed by atoms with Gasteiger partial charge < -0.3 is 29.0 Å². The number of rotatable bonds is 8. The molecule has 9 nitrogen and oxygen atoms in total. The van der Waals surface area contributed by atoms with Gasteiger partial charge in [-0.05, 0) is 64.7 Å². The molecule has 0 fully saturated rings. The van der Waals surface area contributed by atoms with E-state index in [1.54, 1.807) is 27.4 Å². The Morgan fingerprint density at radius 3 is 2.45 bits per heavy atom. The van der Waals surface area contributed by atoms with E-state index < -0.39 is 0 Å². The summed E-state index contributed by atoms with van der Waals surface area (Å²) in [5.74, 6) is 2.13. The monoisotopic (exact) mass is 597 g/mol. The molecule has 0 aliphatic carbocycles. The summed E-state index contributed by atoms with van der Waals surface area (Å²) in [6, 6.07) is 23.8. The number of hydrogen-bond donors (Lipinski definition) is 1. The van der Waals surface area contributed by atoms with E-state index in [1.165, 1.54) is 5.56 Å². The summed E-state index contributed by atoms with van der Waals surface area (Å²) in [6.45, 7) is 4.07. The molecule has 1 aliphatic rings. The van der Waals surface area contributed by atoms with Crippen LogP contribution in [0.1, 0.15) is 38.3 Å². The fourth-order valence-corrected chi connectivity index (χ4v) is 5.28. The van der Waals surface area contributed by atoms with Gasteiger partial charge in [0.25, 0.3) is 5.91 Å². The molecule has 3 aromatic carbocycles. The number of pyridine rings is 1. The summed E-state index contributed by atoms with van der Waals surface area (Å²) >= 11 is 0. The highest BCUT2D eigenvalue weighted by Gasteiger charge is 2.16. The Labute approximate surface area is 258 Å². The predicted octanol–water partition coefficient (Wildman–Crippen LogP) is 5.04. The fourth-order valence-electron chi connectivity index (χ4n) is 5.28. The maximum atomic E-state index is 13.3. The number of nitrogens with zero attached hydrogens (tertiary/aromatic N) is 2. The molecule has 1 N–H and O–H groups in total. The Bertz CT molecular complexity index is 1520. The number of amides is 1. The van der Waals surface area contributed by atoms with Crippen LogP contribution in [0.25, 0.3) is 0 Å². The zero-order valence-electron chi connectivity index (χ0n) is 25.5. The highest BCUT2D eigenvalue weighted by atomic mass is 16.5. The summed E-state index contributed by atoms with van der Waals surface area (Å²) in [5, 5.41) is 3.01. The minimum Gasteiger partial charge on any atom is -0.493 e. The third kappa shape index (κ3) is 8.06. The Morgan fingerprint density at radius 2 is 1.70 bits per heavy atom. The summed E-state index contributed by atoms with van der Waals surface area (Å²) in [7, 11) is 4.69. The largest absolute Gasteiger partial charge is 0.493 e. The van der Waals surface area contributed by atoms with Crippen molar-refractivity contribution < 1.29 is 28.5 Å². The zero-order valence-corrected chi connectivity index (χ0v) is 25.5. The molecule has 1 aromatic heterocycles. The smallest absolute Gasteiger partial charge is 0.251 e. The Kier molecular flexibility index (Phi) is 10.7. The molecule has 4 aromatic rings. The number of benzene rings is 3. The Hall–Kier alpha value is -4.60. The van der Waals surface area contributed by atoms with Gasteiger partial charge in [-0.15, -0.1) is 0 Å². The molecule has 5 rings (SSSR count). The average Bonchev–Trinajstić information content (AvgIpc) is 3.05. The van der Waals surface area contributed by atoms with Gasteiger partial charge in [-0.3, -0.25) is 14.7 Å². The minimum atomic E-state index is -0.191. The third-order valence-corrected chi connectivity index (χ3v) is 7.44.